The highest BCUT2D eigenvalue weighted by molar-refractivity contribution is 5.82. The Morgan fingerprint density at radius 2 is 2.21 bits per heavy atom. The van der Waals surface area contributed by atoms with Gasteiger partial charge in [-0.25, -0.2) is 0 Å². The van der Waals surface area contributed by atoms with Crippen molar-refractivity contribution in [3.8, 4) is 5.75 Å². The van der Waals surface area contributed by atoms with Gasteiger partial charge in [-0.3, -0.25) is 4.79 Å². The molecule has 0 heterocycles. The molecule has 4 N–H and O–H groups in total. The summed E-state index contributed by atoms with van der Waals surface area (Å²) in [6.07, 6.45) is 0.550. The minimum atomic E-state index is -0.0566. The number of nitrogens with two attached hydrogens (primary N) is 1. The number of amidine groups is 1. The fourth-order valence-corrected chi connectivity index (χ4v) is 1.71. The first-order chi connectivity index (χ1) is 9.06. The van der Waals surface area contributed by atoms with Crippen molar-refractivity contribution in [2.24, 2.45) is 10.9 Å². The fraction of sp³-hybridized carbons (Fsp3) is 0.385. The number of rotatable bonds is 6. The molecule has 6 heteroatoms. The highest BCUT2D eigenvalue weighted by atomic mass is 16.4. The molecule has 1 amide bonds. The SMILES string of the molecule is CCN(CCC(N)=NO)C(=O)Cc1cccc(O)c1. The van der Waals surface area contributed by atoms with Crippen molar-refractivity contribution >= 4 is 11.7 Å². The van der Waals surface area contributed by atoms with Gasteiger partial charge in [-0.05, 0) is 24.6 Å². The highest BCUT2D eigenvalue weighted by Crippen LogP contribution is 2.12. The lowest BCUT2D eigenvalue weighted by Crippen LogP contribution is -2.35. The molecule has 1 aromatic carbocycles. The lowest BCUT2D eigenvalue weighted by Gasteiger charge is -2.20. The molecule has 104 valence electrons. The highest BCUT2D eigenvalue weighted by Gasteiger charge is 2.13. The molecule has 0 unspecified atom stereocenters. The number of phenolic OH excluding ortho intramolecular Hbond substituents is 1. The lowest BCUT2D eigenvalue weighted by atomic mass is 10.1. The second kappa shape index (κ2) is 7.25. The number of hydrogen-bond donors (Lipinski definition) is 3. The molecule has 0 saturated heterocycles. The number of carbonyl (C=O) groups is 1. The molecule has 0 spiro atoms. The van der Waals surface area contributed by atoms with Crippen molar-refractivity contribution < 1.29 is 15.1 Å². The maximum atomic E-state index is 12.1. The van der Waals surface area contributed by atoms with Crippen molar-refractivity contribution in [1.29, 1.82) is 0 Å². The number of phenols is 1. The number of amides is 1. The van der Waals surface area contributed by atoms with Gasteiger partial charge in [0.05, 0.1) is 6.42 Å². The van der Waals surface area contributed by atoms with E-state index in [0.717, 1.165) is 5.56 Å². The molecular formula is C13H19N3O3. The third kappa shape index (κ3) is 4.87. The Morgan fingerprint density at radius 3 is 2.79 bits per heavy atom. The quantitative estimate of drug-likeness (QED) is 0.308. The molecular weight excluding hydrogens is 246 g/mol. The number of aromatic hydroxyl groups is 1. The summed E-state index contributed by atoms with van der Waals surface area (Å²) in [6.45, 7) is 2.83. The maximum Gasteiger partial charge on any atom is 0.226 e. The van der Waals surface area contributed by atoms with Crippen LogP contribution in [-0.2, 0) is 11.2 Å². The second-order valence-corrected chi connectivity index (χ2v) is 4.16. The van der Waals surface area contributed by atoms with Gasteiger partial charge in [0.25, 0.3) is 0 Å². The zero-order valence-corrected chi connectivity index (χ0v) is 10.9. The standard InChI is InChI=1S/C13H19N3O3/c1-2-16(7-6-12(14)15-19)13(18)9-10-4-3-5-11(17)8-10/h3-5,8,17,19H,2,6-7,9H2,1H3,(H2,14,15). The Morgan fingerprint density at radius 1 is 1.47 bits per heavy atom. The van der Waals surface area contributed by atoms with E-state index in [1.165, 1.54) is 0 Å². The molecule has 19 heavy (non-hydrogen) atoms. The van der Waals surface area contributed by atoms with Crippen LogP contribution < -0.4 is 5.73 Å². The van der Waals surface area contributed by atoms with Gasteiger partial charge in [0.1, 0.15) is 11.6 Å². The van der Waals surface area contributed by atoms with Crippen LogP contribution in [-0.4, -0.2) is 40.0 Å². The van der Waals surface area contributed by atoms with Crippen LogP contribution in [0.25, 0.3) is 0 Å². The maximum absolute atomic E-state index is 12.1. The summed E-state index contributed by atoms with van der Waals surface area (Å²) in [4.78, 5) is 13.7. The second-order valence-electron chi connectivity index (χ2n) is 4.16. The summed E-state index contributed by atoms with van der Waals surface area (Å²) in [6, 6.07) is 6.61. The van der Waals surface area contributed by atoms with E-state index < -0.39 is 0 Å². The Kier molecular flexibility index (Phi) is 5.66. The van der Waals surface area contributed by atoms with Crippen LogP contribution in [0.15, 0.2) is 29.4 Å². The van der Waals surface area contributed by atoms with Gasteiger partial charge < -0.3 is 20.9 Å². The minimum Gasteiger partial charge on any atom is -0.508 e. The molecule has 0 aliphatic heterocycles. The van der Waals surface area contributed by atoms with Crippen molar-refractivity contribution in [2.45, 2.75) is 19.8 Å². The smallest absolute Gasteiger partial charge is 0.226 e. The normalized spacial score (nSPS) is 11.3. The zero-order valence-electron chi connectivity index (χ0n) is 10.9. The summed E-state index contributed by atoms with van der Waals surface area (Å²) in [5.41, 5.74) is 6.13. The monoisotopic (exact) mass is 265 g/mol. The van der Waals surface area contributed by atoms with Crippen LogP contribution in [0, 0.1) is 0 Å². The molecule has 0 bridgehead atoms. The third-order valence-electron chi connectivity index (χ3n) is 2.77. The molecule has 0 aliphatic carbocycles. The van der Waals surface area contributed by atoms with E-state index in [0.29, 0.717) is 19.5 Å². The summed E-state index contributed by atoms with van der Waals surface area (Å²) in [5.74, 6) is 0.187. The number of hydrogen-bond acceptors (Lipinski definition) is 4. The van der Waals surface area contributed by atoms with Gasteiger partial charge >= 0.3 is 0 Å². The predicted molar refractivity (Wildman–Crippen MR) is 72.1 cm³/mol. The van der Waals surface area contributed by atoms with Gasteiger partial charge in [-0.2, -0.15) is 0 Å². The molecule has 0 fully saturated rings. The van der Waals surface area contributed by atoms with Crippen molar-refractivity contribution in [3.63, 3.8) is 0 Å². The Bertz CT molecular complexity index is 460. The molecule has 0 aliphatic rings. The van der Waals surface area contributed by atoms with E-state index in [1.807, 2.05) is 6.92 Å². The number of likely N-dealkylation sites (N-methyl/N-ethyl adjacent to an activating group) is 1. The van der Waals surface area contributed by atoms with Crippen LogP contribution >= 0.6 is 0 Å². The summed E-state index contributed by atoms with van der Waals surface area (Å²) in [7, 11) is 0. The first-order valence-electron chi connectivity index (χ1n) is 6.09. The van der Waals surface area contributed by atoms with Gasteiger partial charge in [0.2, 0.25) is 5.91 Å². The van der Waals surface area contributed by atoms with Gasteiger partial charge in [0.15, 0.2) is 0 Å². The van der Waals surface area contributed by atoms with Crippen LogP contribution in [0.2, 0.25) is 0 Å². The summed E-state index contributed by atoms with van der Waals surface area (Å²) >= 11 is 0. The molecule has 0 atom stereocenters. The summed E-state index contributed by atoms with van der Waals surface area (Å²) in [5, 5.41) is 20.7. The van der Waals surface area contributed by atoms with Gasteiger partial charge in [-0.1, -0.05) is 17.3 Å². The van der Waals surface area contributed by atoms with Crippen LogP contribution in [0.1, 0.15) is 18.9 Å². The van der Waals surface area contributed by atoms with E-state index in [4.69, 9.17) is 10.9 Å². The Balaban J connectivity index is 2.59. The first-order valence-corrected chi connectivity index (χ1v) is 6.09. The summed E-state index contributed by atoms with van der Waals surface area (Å²) < 4.78 is 0. The first kappa shape index (κ1) is 14.8. The molecule has 1 rings (SSSR count). The number of oxime groups is 1. The van der Waals surface area contributed by atoms with Crippen molar-refractivity contribution in [3.05, 3.63) is 29.8 Å². The van der Waals surface area contributed by atoms with E-state index in [-0.39, 0.29) is 23.9 Å². The van der Waals surface area contributed by atoms with Gasteiger partial charge in [-0.15, -0.1) is 0 Å². The minimum absolute atomic E-state index is 0.0566. The molecule has 6 nitrogen and oxygen atoms in total. The topological polar surface area (TPSA) is 99.1 Å². The van der Waals surface area contributed by atoms with Crippen LogP contribution in [0.3, 0.4) is 0 Å². The van der Waals surface area contributed by atoms with Crippen molar-refractivity contribution in [1.82, 2.24) is 4.90 Å². The number of nitrogens with zero attached hydrogens (tertiary/aromatic N) is 2. The van der Waals surface area contributed by atoms with Crippen LogP contribution in [0.5, 0.6) is 5.75 Å². The lowest BCUT2D eigenvalue weighted by molar-refractivity contribution is -0.130. The largest absolute Gasteiger partial charge is 0.508 e. The molecule has 1 aromatic rings. The van der Waals surface area contributed by atoms with E-state index in [2.05, 4.69) is 5.16 Å². The third-order valence-corrected chi connectivity index (χ3v) is 2.77. The van der Waals surface area contributed by atoms with E-state index in [9.17, 15) is 9.90 Å². The van der Waals surface area contributed by atoms with Crippen molar-refractivity contribution in [2.75, 3.05) is 13.1 Å². The molecule has 0 saturated carbocycles. The number of carbonyl (C=O) groups excluding carboxylic acids is 1. The number of benzene rings is 1. The Hall–Kier alpha value is -2.24. The van der Waals surface area contributed by atoms with E-state index >= 15 is 0 Å². The fourth-order valence-electron chi connectivity index (χ4n) is 1.71. The average molecular weight is 265 g/mol. The average Bonchev–Trinajstić information content (AvgIpc) is 2.39. The van der Waals surface area contributed by atoms with Gasteiger partial charge in [0, 0.05) is 19.5 Å². The Labute approximate surface area is 112 Å². The molecule has 0 aromatic heterocycles. The predicted octanol–water partition coefficient (Wildman–Crippen LogP) is 0.920. The molecule has 0 radical (unpaired) electrons. The van der Waals surface area contributed by atoms with E-state index in [1.54, 1.807) is 29.2 Å². The van der Waals surface area contributed by atoms with Crippen LogP contribution in [0.4, 0.5) is 0 Å². The zero-order chi connectivity index (χ0) is 14.3.